The quantitative estimate of drug-likeness (QED) is 0.350. The average molecular weight is 422 g/mol. The van der Waals surface area contributed by atoms with E-state index in [1.165, 1.54) is 13.8 Å². The molecule has 0 aliphatic carbocycles. The molecule has 0 fully saturated rings. The van der Waals surface area contributed by atoms with E-state index >= 15 is 0 Å². The predicted molar refractivity (Wildman–Crippen MR) is 104 cm³/mol. The molecule has 1 rings (SSSR count). The molecule has 10 heteroatoms. The minimum atomic E-state index is -1.62. The van der Waals surface area contributed by atoms with Gasteiger partial charge in [-0.3, -0.25) is 19.2 Å². The van der Waals surface area contributed by atoms with Gasteiger partial charge in [-0.05, 0) is 5.56 Å². The fourth-order valence-electron chi connectivity index (χ4n) is 2.95. The third-order valence-corrected chi connectivity index (χ3v) is 4.50. The fourth-order valence-corrected chi connectivity index (χ4v) is 2.95. The van der Waals surface area contributed by atoms with Gasteiger partial charge in [-0.25, -0.2) is 4.79 Å². The van der Waals surface area contributed by atoms with Crippen LogP contribution in [-0.4, -0.2) is 61.1 Å². The summed E-state index contributed by atoms with van der Waals surface area (Å²) in [6, 6.07) is 6.14. The molecule has 3 N–H and O–H groups in total. The van der Waals surface area contributed by atoms with Gasteiger partial charge < -0.3 is 25.2 Å². The van der Waals surface area contributed by atoms with Gasteiger partial charge in [0.15, 0.2) is 5.92 Å². The topological polar surface area (TPSA) is 148 Å². The van der Waals surface area contributed by atoms with E-state index in [1.54, 1.807) is 30.3 Å². The van der Waals surface area contributed by atoms with Crippen molar-refractivity contribution >= 4 is 29.7 Å². The molecule has 0 heterocycles. The van der Waals surface area contributed by atoms with Crippen LogP contribution in [0.15, 0.2) is 30.3 Å². The average Bonchev–Trinajstić information content (AvgIpc) is 2.71. The molecule has 0 saturated carbocycles. The first-order valence-corrected chi connectivity index (χ1v) is 9.12. The number of methoxy groups -OCH3 is 2. The van der Waals surface area contributed by atoms with Crippen LogP contribution in [0.25, 0.3) is 0 Å². The lowest BCUT2D eigenvalue weighted by Gasteiger charge is -2.27. The van der Waals surface area contributed by atoms with E-state index in [9.17, 15) is 29.1 Å². The minimum Gasteiger partial charge on any atom is -0.480 e. The number of benzene rings is 1. The molecule has 1 aromatic rings. The van der Waals surface area contributed by atoms with E-state index < -0.39 is 53.6 Å². The maximum Gasteiger partial charge on any atom is 0.326 e. The summed E-state index contributed by atoms with van der Waals surface area (Å²) in [5, 5.41) is 14.4. The van der Waals surface area contributed by atoms with Gasteiger partial charge in [-0.2, -0.15) is 0 Å². The van der Waals surface area contributed by atoms with E-state index in [2.05, 4.69) is 20.1 Å². The number of rotatable bonds is 10. The summed E-state index contributed by atoms with van der Waals surface area (Å²) in [6.45, 7) is 2.54. The Bertz CT molecular complexity index is 764. The maximum atomic E-state index is 12.8. The van der Waals surface area contributed by atoms with Crippen LogP contribution in [0.4, 0.5) is 0 Å². The highest BCUT2D eigenvalue weighted by molar-refractivity contribution is 5.97. The molecule has 0 aromatic heterocycles. The number of carbonyl (C=O) groups is 5. The summed E-state index contributed by atoms with van der Waals surface area (Å²) < 4.78 is 9.14. The Morgan fingerprint density at radius 1 is 0.967 bits per heavy atom. The SMILES string of the molecule is COC(=O)C(C(=O)OC)[C@@H](C)[C@@H](NC(=O)[C@H](Cc1ccccc1)NC(C)=O)C(=O)O. The maximum absolute atomic E-state index is 12.8. The van der Waals surface area contributed by atoms with Gasteiger partial charge in [-0.15, -0.1) is 0 Å². The number of carboxylic acids is 1. The van der Waals surface area contributed by atoms with Gasteiger partial charge in [0.25, 0.3) is 0 Å². The summed E-state index contributed by atoms with van der Waals surface area (Å²) in [6.07, 6.45) is 0.115. The number of aliphatic carboxylic acids is 1. The molecule has 0 aliphatic rings. The Labute approximate surface area is 173 Å². The molecular formula is C20H26N2O8. The molecule has 0 radical (unpaired) electrons. The molecule has 0 aliphatic heterocycles. The predicted octanol–water partition coefficient (Wildman–Crippen LogP) is -0.0985. The van der Waals surface area contributed by atoms with Crippen molar-refractivity contribution in [2.75, 3.05) is 14.2 Å². The molecule has 3 atom stereocenters. The number of nitrogens with one attached hydrogen (secondary N) is 2. The zero-order valence-electron chi connectivity index (χ0n) is 17.2. The number of hydrogen-bond donors (Lipinski definition) is 3. The van der Waals surface area contributed by atoms with Crippen molar-refractivity contribution < 1.29 is 38.6 Å². The molecule has 0 spiro atoms. The highest BCUT2D eigenvalue weighted by Crippen LogP contribution is 2.20. The van der Waals surface area contributed by atoms with Gasteiger partial charge in [0.2, 0.25) is 11.8 Å². The molecule has 10 nitrogen and oxygen atoms in total. The number of amides is 2. The Morgan fingerprint density at radius 3 is 1.93 bits per heavy atom. The van der Waals surface area contributed by atoms with Crippen LogP contribution >= 0.6 is 0 Å². The summed E-state index contributed by atoms with van der Waals surface area (Å²) >= 11 is 0. The smallest absolute Gasteiger partial charge is 0.326 e. The molecule has 0 bridgehead atoms. The minimum absolute atomic E-state index is 0.115. The third-order valence-electron chi connectivity index (χ3n) is 4.50. The lowest BCUT2D eigenvalue weighted by molar-refractivity contribution is -0.163. The largest absolute Gasteiger partial charge is 0.480 e. The highest BCUT2D eigenvalue weighted by Gasteiger charge is 2.42. The summed E-state index contributed by atoms with van der Waals surface area (Å²) in [5.41, 5.74) is 0.744. The number of carbonyl (C=O) groups excluding carboxylic acids is 4. The molecular weight excluding hydrogens is 396 g/mol. The van der Waals surface area contributed by atoms with Crippen molar-refractivity contribution in [3.63, 3.8) is 0 Å². The van der Waals surface area contributed by atoms with Crippen LogP contribution < -0.4 is 10.6 Å². The van der Waals surface area contributed by atoms with E-state index in [0.29, 0.717) is 0 Å². The van der Waals surface area contributed by atoms with Crippen molar-refractivity contribution in [3.8, 4) is 0 Å². The summed E-state index contributed by atoms with van der Waals surface area (Å²) in [4.78, 5) is 60.1. The van der Waals surface area contributed by atoms with E-state index in [1.807, 2.05) is 0 Å². The molecule has 164 valence electrons. The van der Waals surface area contributed by atoms with Crippen LogP contribution in [0.1, 0.15) is 19.4 Å². The van der Waals surface area contributed by atoms with Crippen molar-refractivity contribution in [2.45, 2.75) is 32.4 Å². The first-order valence-electron chi connectivity index (χ1n) is 9.12. The van der Waals surface area contributed by atoms with Gasteiger partial charge in [0.1, 0.15) is 12.1 Å². The second-order valence-electron chi connectivity index (χ2n) is 6.65. The van der Waals surface area contributed by atoms with E-state index in [4.69, 9.17) is 0 Å². The number of ether oxygens (including phenoxy) is 2. The molecule has 0 saturated heterocycles. The second kappa shape index (κ2) is 11.5. The van der Waals surface area contributed by atoms with Crippen LogP contribution in [0, 0.1) is 11.8 Å². The zero-order chi connectivity index (χ0) is 22.8. The zero-order valence-corrected chi connectivity index (χ0v) is 17.2. The lowest BCUT2D eigenvalue weighted by atomic mass is 9.87. The number of esters is 2. The molecule has 1 aromatic carbocycles. The standard InChI is InChI=1S/C20H26N2O8/c1-11(15(19(27)29-3)20(28)30-4)16(18(25)26)22-17(24)14(21-12(2)23)10-13-8-6-5-7-9-13/h5-9,11,14-16H,10H2,1-4H3,(H,21,23)(H,22,24)(H,25,26)/t11-,14+,16-/m1/s1. The van der Waals surface area contributed by atoms with Crippen molar-refractivity contribution in [1.29, 1.82) is 0 Å². The van der Waals surface area contributed by atoms with Gasteiger partial charge >= 0.3 is 17.9 Å². The number of carboxylic acid groups (broad SMARTS) is 1. The van der Waals surface area contributed by atoms with Crippen LogP contribution in [-0.2, 0) is 39.9 Å². The third kappa shape index (κ3) is 6.87. The van der Waals surface area contributed by atoms with Gasteiger partial charge in [-0.1, -0.05) is 37.3 Å². The monoisotopic (exact) mass is 422 g/mol. The normalized spacial score (nSPS) is 13.5. The van der Waals surface area contributed by atoms with Gasteiger partial charge in [0.05, 0.1) is 14.2 Å². The molecule has 0 unspecified atom stereocenters. The second-order valence-corrected chi connectivity index (χ2v) is 6.65. The fraction of sp³-hybridized carbons (Fsp3) is 0.450. The molecule has 2 amide bonds. The van der Waals surface area contributed by atoms with Crippen molar-refractivity contribution in [3.05, 3.63) is 35.9 Å². The van der Waals surface area contributed by atoms with Crippen LogP contribution in [0.3, 0.4) is 0 Å². The molecule has 30 heavy (non-hydrogen) atoms. The van der Waals surface area contributed by atoms with E-state index in [-0.39, 0.29) is 6.42 Å². The van der Waals surface area contributed by atoms with Crippen molar-refractivity contribution in [2.24, 2.45) is 11.8 Å². The van der Waals surface area contributed by atoms with Crippen molar-refractivity contribution in [1.82, 2.24) is 10.6 Å². The van der Waals surface area contributed by atoms with Crippen LogP contribution in [0.2, 0.25) is 0 Å². The Balaban J connectivity index is 3.11. The Hall–Kier alpha value is -3.43. The number of hydrogen-bond acceptors (Lipinski definition) is 7. The Morgan fingerprint density at radius 2 is 1.50 bits per heavy atom. The van der Waals surface area contributed by atoms with Gasteiger partial charge in [0, 0.05) is 19.3 Å². The summed E-state index contributed by atoms with van der Waals surface area (Å²) in [5.74, 6) is -7.45. The van der Waals surface area contributed by atoms with Crippen LogP contribution in [0.5, 0.6) is 0 Å². The first-order chi connectivity index (χ1) is 14.1. The first kappa shape index (κ1) is 24.6. The van der Waals surface area contributed by atoms with E-state index in [0.717, 1.165) is 19.8 Å². The lowest BCUT2D eigenvalue weighted by Crippen LogP contribution is -2.56. The highest BCUT2D eigenvalue weighted by atomic mass is 16.5. The Kier molecular flexibility index (Phi) is 9.47. The summed E-state index contributed by atoms with van der Waals surface area (Å²) in [7, 11) is 2.10.